The van der Waals surface area contributed by atoms with E-state index in [1.165, 1.54) is 5.56 Å². The Hall–Kier alpha value is -2.83. The van der Waals surface area contributed by atoms with Gasteiger partial charge in [0.05, 0.1) is 17.8 Å². The van der Waals surface area contributed by atoms with Crippen molar-refractivity contribution in [1.29, 1.82) is 0 Å². The highest BCUT2D eigenvalue weighted by molar-refractivity contribution is 6.32. The van der Waals surface area contributed by atoms with Crippen molar-refractivity contribution >= 4 is 17.5 Å². The first-order valence-corrected chi connectivity index (χ1v) is 10.4. The average molecular weight is 426 g/mol. The summed E-state index contributed by atoms with van der Waals surface area (Å²) in [6, 6.07) is 12.8. The fraction of sp³-hybridized carbons (Fsp3) is 0.304. The minimum Gasteiger partial charge on any atom is -0.489 e. The molecule has 1 fully saturated rings. The maximum Gasteiger partial charge on any atom is 0.251 e. The third kappa shape index (κ3) is 5.40. The van der Waals surface area contributed by atoms with Crippen LogP contribution in [0.3, 0.4) is 0 Å². The van der Waals surface area contributed by atoms with Crippen LogP contribution in [-0.2, 0) is 13.1 Å². The average Bonchev–Trinajstić information content (AvgIpc) is 3.29. The molecule has 0 radical (unpaired) electrons. The van der Waals surface area contributed by atoms with Crippen molar-refractivity contribution < 1.29 is 13.9 Å². The predicted molar refractivity (Wildman–Crippen MR) is 114 cm³/mol. The van der Waals surface area contributed by atoms with Gasteiger partial charge in [-0.25, -0.2) is 0 Å². The van der Waals surface area contributed by atoms with Gasteiger partial charge in [-0.15, -0.1) is 0 Å². The number of hydrogen-bond acceptors (Lipinski definition) is 5. The number of nitrogens with one attached hydrogen (secondary N) is 1. The van der Waals surface area contributed by atoms with Crippen LogP contribution in [0.25, 0.3) is 0 Å². The Kier molecular flexibility index (Phi) is 6.67. The van der Waals surface area contributed by atoms with Gasteiger partial charge in [0, 0.05) is 37.6 Å². The van der Waals surface area contributed by atoms with Crippen LogP contribution in [0.15, 0.2) is 65.5 Å². The fourth-order valence-electron chi connectivity index (χ4n) is 3.53. The molecule has 3 heterocycles. The Balaban J connectivity index is 1.27. The van der Waals surface area contributed by atoms with Crippen molar-refractivity contribution in [3.05, 3.63) is 83.0 Å². The van der Waals surface area contributed by atoms with Crippen molar-refractivity contribution in [2.75, 3.05) is 13.1 Å². The van der Waals surface area contributed by atoms with Crippen LogP contribution >= 0.6 is 11.6 Å². The molecule has 0 bridgehead atoms. The predicted octanol–water partition coefficient (Wildman–Crippen LogP) is 4.30. The zero-order valence-electron chi connectivity index (χ0n) is 16.6. The van der Waals surface area contributed by atoms with E-state index in [9.17, 15) is 4.79 Å². The van der Waals surface area contributed by atoms with Crippen molar-refractivity contribution in [1.82, 2.24) is 15.2 Å². The van der Waals surface area contributed by atoms with E-state index < -0.39 is 0 Å². The second-order valence-corrected chi connectivity index (χ2v) is 7.76. The van der Waals surface area contributed by atoms with Gasteiger partial charge >= 0.3 is 0 Å². The molecule has 7 heteroatoms. The SMILES string of the molecule is O=C(NCc1ccco1)c1ccc(OC2CCN(Cc3ccncc3)CC2)c(Cl)c1. The number of likely N-dealkylation sites (tertiary alicyclic amines) is 1. The van der Waals surface area contributed by atoms with E-state index >= 15 is 0 Å². The first-order valence-electron chi connectivity index (χ1n) is 10.1. The molecule has 0 aliphatic carbocycles. The molecule has 2 aromatic heterocycles. The zero-order valence-corrected chi connectivity index (χ0v) is 17.3. The third-order valence-electron chi connectivity index (χ3n) is 5.18. The number of amides is 1. The van der Waals surface area contributed by atoms with E-state index in [0.717, 1.165) is 32.5 Å². The summed E-state index contributed by atoms with van der Waals surface area (Å²) in [7, 11) is 0. The molecule has 1 aromatic carbocycles. The number of pyridine rings is 1. The molecule has 0 atom stereocenters. The first kappa shape index (κ1) is 20.4. The van der Waals surface area contributed by atoms with Crippen LogP contribution in [0.1, 0.15) is 34.5 Å². The van der Waals surface area contributed by atoms with Crippen molar-refractivity contribution in [3.8, 4) is 5.75 Å². The summed E-state index contributed by atoms with van der Waals surface area (Å²) in [6.45, 7) is 3.20. The lowest BCUT2D eigenvalue weighted by Gasteiger charge is -2.32. The summed E-state index contributed by atoms with van der Waals surface area (Å²) < 4.78 is 11.3. The minimum atomic E-state index is -0.204. The quantitative estimate of drug-likeness (QED) is 0.611. The molecule has 156 valence electrons. The summed E-state index contributed by atoms with van der Waals surface area (Å²) in [5.74, 6) is 1.11. The van der Waals surface area contributed by atoms with Crippen LogP contribution in [0.4, 0.5) is 0 Å². The fourth-order valence-corrected chi connectivity index (χ4v) is 3.76. The number of hydrogen-bond donors (Lipinski definition) is 1. The van der Waals surface area contributed by atoms with Gasteiger partial charge in [0.15, 0.2) is 0 Å². The van der Waals surface area contributed by atoms with Gasteiger partial charge in [-0.2, -0.15) is 0 Å². The van der Waals surface area contributed by atoms with Crippen molar-refractivity contribution in [2.45, 2.75) is 32.0 Å². The van der Waals surface area contributed by atoms with Crippen LogP contribution in [0.2, 0.25) is 5.02 Å². The highest BCUT2D eigenvalue weighted by Crippen LogP contribution is 2.28. The summed E-state index contributed by atoms with van der Waals surface area (Å²) in [5.41, 5.74) is 1.76. The Morgan fingerprint density at radius 1 is 1.20 bits per heavy atom. The van der Waals surface area contributed by atoms with Crippen molar-refractivity contribution in [2.24, 2.45) is 0 Å². The molecule has 1 aliphatic rings. The van der Waals surface area contributed by atoms with Crippen LogP contribution in [-0.4, -0.2) is 35.0 Å². The summed E-state index contributed by atoms with van der Waals surface area (Å²) in [6.07, 6.45) is 7.23. The molecule has 4 rings (SSSR count). The molecular weight excluding hydrogens is 402 g/mol. The molecule has 0 saturated carbocycles. The van der Waals surface area contributed by atoms with E-state index in [-0.39, 0.29) is 12.0 Å². The van der Waals surface area contributed by atoms with E-state index in [2.05, 4.69) is 27.3 Å². The number of piperidine rings is 1. The number of carbonyl (C=O) groups is 1. The lowest BCUT2D eigenvalue weighted by molar-refractivity contribution is 0.0945. The Bertz CT molecular complexity index is 955. The lowest BCUT2D eigenvalue weighted by atomic mass is 10.1. The Labute approximate surface area is 180 Å². The number of nitrogens with zero attached hydrogens (tertiary/aromatic N) is 2. The van der Waals surface area contributed by atoms with Gasteiger partial charge in [-0.05, 0) is 60.9 Å². The highest BCUT2D eigenvalue weighted by atomic mass is 35.5. The smallest absolute Gasteiger partial charge is 0.251 e. The number of ether oxygens (including phenoxy) is 1. The topological polar surface area (TPSA) is 67.6 Å². The van der Waals surface area contributed by atoms with Gasteiger partial charge in [0.1, 0.15) is 17.6 Å². The molecule has 0 spiro atoms. The van der Waals surface area contributed by atoms with Crippen LogP contribution in [0.5, 0.6) is 5.75 Å². The zero-order chi connectivity index (χ0) is 20.8. The minimum absolute atomic E-state index is 0.120. The van der Waals surface area contributed by atoms with E-state index in [1.54, 1.807) is 30.5 Å². The summed E-state index contributed by atoms with van der Waals surface area (Å²) >= 11 is 6.39. The second-order valence-electron chi connectivity index (χ2n) is 7.36. The highest BCUT2D eigenvalue weighted by Gasteiger charge is 2.21. The number of aromatic nitrogens is 1. The van der Waals surface area contributed by atoms with Gasteiger partial charge in [-0.1, -0.05) is 11.6 Å². The van der Waals surface area contributed by atoms with Gasteiger partial charge < -0.3 is 14.5 Å². The standard InChI is InChI=1S/C23H24ClN3O3/c24-21-14-18(23(28)26-15-20-2-1-13-29-20)3-4-22(21)30-19-7-11-27(12-8-19)16-17-5-9-25-10-6-17/h1-6,9-10,13-14,19H,7-8,11-12,15-16H2,(H,26,28). The van der Waals surface area contributed by atoms with E-state index in [4.69, 9.17) is 20.8 Å². The third-order valence-corrected chi connectivity index (χ3v) is 5.48. The molecule has 1 N–H and O–H groups in total. The molecule has 1 amide bonds. The molecule has 1 saturated heterocycles. The first-order chi connectivity index (χ1) is 14.7. The lowest BCUT2D eigenvalue weighted by Crippen LogP contribution is -2.37. The monoisotopic (exact) mass is 425 g/mol. The molecule has 30 heavy (non-hydrogen) atoms. The van der Waals surface area contributed by atoms with Gasteiger partial charge in [0.2, 0.25) is 0 Å². The maximum absolute atomic E-state index is 12.3. The summed E-state index contributed by atoms with van der Waals surface area (Å²) in [4.78, 5) is 18.8. The molecule has 1 aliphatic heterocycles. The number of rotatable bonds is 7. The maximum atomic E-state index is 12.3. The van der Waals surface area contributed by atoms with Crippen molar-refractivity contribution in [3.63, 3.8) is 0 Å². The van der Waals surface area contributed by atoms with Crippen LogP contribution in [0, 0.1) is 0 Å². The number of benzene rings is 1. The number of carbonyl (C=O) groups excluding carboxylic acids is 1. The van der Waals surface area contributed by atoms with E-state index in [1.807, 2.05) is 18.5 Å². The molecular formula is C23H24ClN3O3. The second kappa shape index (κ2) is 9.78. The molecule has 0 unspecified atom stereocenters. The molecule has 3 aromatic rings. The number of furan rings is 1. The Morgan fingerprint density at radius 3 is 2.70 bits per heavy atom. The van der Waals surface area contributed by atoms with E-state index in [0.29, 0.717) is 28.6 Å². The van der Waals surface area contributed by atoms with Gasteiger partial charge in [0.25, 0.3) is 5.91 Å². The largest absolute Gasteiger partial charge is 0.489 e. The molecule has 6 nitrogen and oxygen atoms in total. The normalized spacial score (nSPS) is 15.1. The summed E-state index contributed by atoms with van der Waals surface area (Å²) in [5, 5.41) is 3.26. The van der Waals surface area contributed by atoms with Crippen LogP contribution < -0.4 is 10.1 Å². The number of halogens is 1. The Morgan fingerprint density at radius 2 is 2.00 bits per heavy atom. The van der Waals surface area contributed by atoms with Gasteiger partial charge in [-0.3, -0.25) is 14.7 Å².